The second kappa shape index (κ2) is 7.78. The highest BCUT2D eigenvalue weighted by molar-refractivity contribution is 9.11. The van der Waals surface area contributed by atoms with Crippen molar-refractivity contribution in [1.82, 2.24) is 5.32 Å². The van der Waals surface area contributed by atoms with E-state index in [1.807, 2.05) is 6.92 Å². The number of hydrogen-bond acceptors (Lipinski definition) is 3. The van der Waals surface area contributed by atoms with E-state index in [0.29, 0.717) is 18.8 Å². The van der Waals surface area contributed by atoms with Gasteiger partial charge in [0.25, 0.3) is 0 Å². The Morgan fingerprint density at radius 1 is 1.40 bits per heavy atom. The summed E-state index contributed by atoms with van der Waals surface area (Å²) in [6.45, 7) is 6.55. The molecule has 0 unspecified atom stereocenters. The van der Waals surface area contributed by atoms with Crippen LogP contribution >= 0.6 is 31.9 Å². The van der Waals surface area contributed by atoms with Gasteiger partial charge in [-0.3, -0.25) is 0 Å². The molecule has 3 nitrogen and oxygen atoms in total. The summed E-state index contributed by atoms with van der Waals surface area (Å²) in [4.78, 5) is 0. The zero-order valence-electron chi connectivity index (χ0n) is 11.9. The lowest BCUT2D eigenvalue weighted by Crippen LogP contribution is -2.36. The smallest absolute Gasteiger partial charge is 0.147 e. The van der Waals surface area contributed by atoms with E-state index in [9.17, 15) is 0 Å². The van der Waals surface area contributed by atoms with Crippen molar-refractivity contribution in [3.63, 3.8) is 0 Å². The van der Waals surface area contributed by atoms with Gasteiger partial charge in [-0.1, -0.05) is 0 Å². The largest absolute Gasteiger partial charge is 0.492 e. The van der Waals surface area contributed by atoms with E-state index in [4.69, 9.17) is 9.47 Å². The summed E-state index contributed by atoms with van der Waals surface area (Å²) < 4.78 is 13.3. The van der Waals surface area contributed by atoms with Crippen molar-refractivity contribution in [3.05, 3.63) is 26.6 Å². The van der Waals surface area contributed by atoms with Gasteiger partial charge in [0.1, 0.15) is 5.75 Å². The van der Waals surface area contributed by atoms with Crippen LogP contribution in [-0.2, 0) is 11.3 Å². The first-order valence-corrected chi connectivity index (χ1v) is 8.66. The summed E-state index contributed by atoms with van der Waals surface area (Å²) in [6, 6.07) is 4.58. The summed E-state index contributed by atoms with van der Waals surface area (Å²) in [5.41, 5.74) is 1.22. The normalized spacial score (nSPS) is 20.1. The fourth-order valence-corrected chi connectivity index (χ4v) is 3.91. The first-order chi connectivity index (χ1) is 9.61. The van der Waals surface area contributed by atoms with Crippen molar-refractivity contribution in [1.29, 1.82) is 0 Å². The lowest BCUT2D eigenvalue weighted by molar-refractivity contribution is 0.0832. The SMILES string of the molecule is CCOc1c(Br)cc(CN[C@H](C)[C@@H]2CCCO2)cc1Br. The van der Waals surface area contributed by atoms with Gasteiger partial charge in [0.05, 0.1) is 21.7 Å². The number of nitrogens with one attached hydrogen (secondary N) is 1. The van der Waals surface area contributed by atoms with Gasteiger partial charge in [0, 0.05) is 19.2 Å². The second-order valence-corrected chi connectivity index (χ2v) is 6.75. The van der Waals surface area contributed by atoms with Gasteiger partial charge in [-0.25, -0.2) is 0 Å². The minimum atomic E-state index is 0.351. The Morgan fingerprint density at radius 3 is 2.65 bits per heavy atom. The Hall–Kier alpha value is -0.100. The van der Waals surface area contributed by atoms with Crippen LogP contribution in [0.5, 0.6) is 5.75 Å². The van der Waals surface area contributed by atoms with Gasteiger partial charge in [0.15, 0.2) is 0 Å². The number of hydrogen-bond donors (Lipinski definition) is 1. The summed E-state index contributed by atoms with van der Waals surface area (Å²) in [5, 5.41) is 3.54. The molecule has 1 aliphatic rings. The Labute approximate surface area is 137 Å². The molecule has 0 bridgehead atoms. The second-order valence-electron chi connectivity index (χ2n) is 5.04. The van der Waals surface area contributed by atoms with Crippen molar-refractivity contribution in [2.24, 2.45) is 0 Å². The average molecular weight is 407 g/mol. The van der Waals surface area contributed by atoms with E-state index < -0.39 is 0 Å². The molecule has 1 aliphatic heterocycles. The molecule has 1 fully saturated rings. The quantitative estimate of drug-likeness (QED) is 0.765. The maximum Gasteiger partial charge on any atom is 0.147 e. The molecule has 1 heterocycles. The highest BCUT2D eigenvalue weighted by Gasteiger charge is 2.21. The molecular formula is C15H21Br2NO2. The highest BCUT2D eigenvalue weighted by atomic mass is 79.9. The van der Waals surface area contributed by atoms with E-state index in [1.54, 1.807) is 0 Å². The third-order valence-corrected chi connectivity index (χ3v) is 4.68. The van der Waals surface area contributed by atoms with E-state index in [0.717, 1.165) is 34.3 Å². The molecule has 1 aromatic rings. The molecule has 1 saturated heterocycles. The third kappa shape index (κ3) is 4.20. The summed E-state index contributed by atoms with van der Waals surface area (Å²) in [6.07, 6.45) is 2.69. The van der Waals surface area contributed by atoms with Crippen LogP contribution < -0.4 is 10.1 Å². The van der Waals surface area contributed by atoms with Crippen molar-refractivity contribution in [2.75, 3.05) is 13.2 Å². The molecule has 0 amide bonds. The topological polar surface area (TPSA) is 30.5 Å². The zero-order chi connectivity index (χ0) is 14.5. The standard InChI is InChI=1S/C15H21Br2NO2/c1-3-19-15-12(16)7-11(8-13(15)17)9-18-10(2)14-5-4-6-20-14/h7-8,10,14,18H,3-6,9H2,1-2H3/t10-,14+/m1/s1. The van der Waals surface area contributed by atoms with Crippen molar-refractivity contribution in [3.8, 4) is 5.75 Å². The van der Waals surface area contributed by atoms with Gasteiger partial charge in [-0.2, -0.15) is 0 Å². The molecule has 20 heavy (non-hydrogen) atoms. The Morgan fingerprint density at radius 2 is 2.10 bits per heavy atom. The van der Waals surface area contributed by atoms with Gasteiger partial charge in [0.2, 0.25) is 0 Å². The molecule has 0 saturated carbocycles. The van der Waals surface area contributed by atoms with Crippen molar-refractivity contribution >= 4 is 31.9 Å². The van der Waals surface area contributed by atoms with Crippen LogP contribution in [0, 0.1) is 0 Å². The monoisotopic (exact) mass is 405 g/mol. The van der Waals surface area contributed by atoms with Gasteiger partial charge < -0.3 is 14.8 Å². The van der Waals surface area contributed by atoms with Gasteiger partial charge in [-0.15, -0.1) is 0 Å². The van der Waals surface area contributed by atoms with E-state index in [2.05, 4.69) is 56.2 Å². The molecule has 0 spiro atoms. The first kappa shape index (κ1) is 16.3. The molecule has 0 aromatic heterocycles. The Bertz CT molecular complexity index is 424. The maximum absolute atomic E-state index is 5.70. The lowest BCUT2D eigenvalue weighted by Gasteiger charge is -2.20. The Balaban J connectivity index is 1.95. The van der Waals surface area contributed by atoms with Crippen LogP contribution in [0.25, 0.3) is 0 Å². The minimum absolute atomic E-state index is 0.351. The number of rotatable bonds is 6. The molecule has 2 rings (SSSR count). The van der Waals surface area contributed by atoms with Gasteiger partial charge in [-0.05, 0) is 76.2 Å². The average Bonchev–Trinajstić information content (AvgIpc) is 2.94. The third-order valence-electron chi connectivity index (χ3n) is 3.50. The molecule has 5 heteroatoms. The van der Waals surface area contributed by atoms with E-state index >= 15 is 0 Å². The molecule has 112 valence electrons. The summed E-state index contributed by atoms with van der Waals surface area (Å²) in [5.74, 6) is 0.864. The van der Waals surface area contributed by atoms with Crippen LogP contribution in [0.15, 0.2) is 21.1 Å². The maximum atomic E-state index is 5.70. The van der Waals surface area contributed by atoms with Crippen LogP contribution in [-0.4, -0.2) is 25.4 Å². The lowest BCUT2D eigenvalue weighted by atomic mass is 10.1. The molecule has 0 radical (unpaired) electrons. The molecule has 0 aliphatic carbocycles. The highest BCUT2D eigenvalue weighted by Crippen LogP contribution is 2.34. The molecule has 1 N–H and O–H groups in total. The van der Waals surface area contributed by atoms with Crippen LogP contribution in [0.3, 0.4) is 0 Å². The summed E-state index contributed by atoms with van der Waals surface area (Å²) in [7, 11) is 0. The van der Waals surface area contributed by atoms with Crippen molar-refractivity contribution < 1.29 is 9.47 Å². The predicted octanol–water partition coefficient (Wildman–Crippen LogP) is 4.27. The van der Waals surface area contributed by atoms with Gasteiger partial charge >= 0.3 is 0 Å². The number of ether oxygens (including phenoxy) is 2. The first-order valence-electron chi connectivity index (χ1n) is 7.07. The molecule has 1 aromatic carbocycles. The van der Waals surface area contributed by atoms with Crippen LogP contribution in [0.2, 0.25) is 0 Å². The van der Waals surface area contributed by atoms with E-state index in [-0.39, 0.29) is 0 Å². The molecule has 2 atom stereocenters. The molecular weight excluding hydrogens is 386 g/mol. The Kier molecular flexibility index (Phi) is 6.33. The number of halogens is 2. The van der Waals surface area contributed by atoms with Crippen LogP contribution in [0.4, 0.5) is 0 Å². The minimum Gasteiger partial charge on any atom is -0.492 e. The predicted molar refractivity (Wildman–Crippen MR) is 88.3 cm³/mol. The van der Waals surface area contributed by atoms with E-state index in [1.165, 1.54) is 12.0 Å². The van der Waals surface area contributed by atoms with Crippen molar-refractivity contribution in [2.45, 2.75) is 45.4 Å². The fraction of sp³-hybridized carbons (Fsp3) is 0.600. The fourth-order valence-electron chi connectivity index (χ4n) is 2.40. The van der Waals surface area contributed by atoms with Crippen LogP contribution in [0.1, 0.15) is 32.3 Å². The zero-order valence-corrected chi connectivity index (χ0v) is 15.1. The number of benzene rings is 1. The summed E-state index contributed by atoms with van der Waals surface area (Å²) >= 11 is 7.13.